The molecule has 2 N–H and O–H groups in total. The highest BCUT2D eigenvalue weighted by molar-refractivity contribution is 5.79. The number of rotatable bonds is 7. The molecule has 7 heteroatoms. The first-order valence-electron chi connectivity index (χ1n) is 10.7. The van der Waals surface area contributed by atoms with Crippen molar-refractivity contribution in [1.82, 2.24) is 25.2 Å². The van der Waals surface area contributed by atoms with Crippen molar-refractivity contribution >= 4 is 11.6 Å². The zero-order valence-electron chi connectivity index (χ0n) is 17.8. The summed E-state index contributed by atoms with van der Waals surface area (Å²) in [4.78, 5) is 4.35. The summed E-state index contributed by atoms with van der Waals surface area (Å²) in [5.74, 6) is 2.68. The van der Waals surface area contributed by atoms with Gasteiger partial charge in [-0.1, -0.05) is 18.2 Å². The summed E-state index contributed by atoms with van der Waals surface area (Å²) in [6, 6.07) is 12.3. The molecule has 0 amide bonds. The minimum atomic E-state index is 0.348. The lowest BCUT2D eigenvalue weighted by atomic mass is 10.1. The van der Waals surface area contributed by atoms with E-state index in [1.54, 1.807) is 7.05 Å². The number of pyridine rings is 1. The van der Waals surface area contributed by atoms with Crippen LogP contribution in [-0.2, 0) is 13.0 Å². The summed E-state index contributed by atoms with van der Waals surface area (Å²) in [7, 11) is 1.78. The van der Waals surface area contributed by atoms with Gasteiger partial charge in [0, 0.05) is 38.3 Å². The van der Waals surface area contributed by atoms with Crippen LogP contribution in [0.25, 0.3) is 5.65 Å². The lowest BCUT2D eigenvalue weighted by Crippen LogP contribution is -2.38. The summed E-state index contributed by atoms with van der Waals surface area (Å²) in [5.41, 5.74) is 3.23. The van der Waals surface area contributed by atoms with E-state index in [1.807, 2.05) is 28.8 Å². The van der Waals surface area contributed by atoms with Gasteiger partial charge in [-0.05, 0) is 56.4 Å². The van der Waals surface area contributed by atoms with Gasteiger partial charge < -0.3 is 15.4 Å². The van der Waals surface area contributed by atoms with Gasteiger partial charge in [-0.3, -0.25) is 9.39 Å². The Bertz CT molecular complexity index is 1010. The molecule has 0 atom stereocenters. The monoisotopic (exact) mass is 406 g/mol. The number of benzene rings is 1. The first-order valence-corrected chi connectivity index (χ1v) is 10.7. The Morgan fingerprint density at radius 2 is 2.03 bits per heavy atom. The predicted molar refractivity (Wildman–Crippen MR) is 119 cm³/mol. The SMILES string of the molecule is CN=C(NCCc1nnc2ccccn12)NCc1ccc(C)cc1OC1CCCC1. The number of guanidine groups is 1. The molecule has 0 unspecified atom stereocenters. The highest BCUT2D eigenvalue weighted by atomic mass is 16.5. The largest absolute Gasteiger partial charge is 0.490 e. The van der Waals surface area contributed by atoms with Crippen LogP contribution < -0.4 is 15.4 Å². The van der Waals surface area contributed by atoms with Crippen LogP contribution in [0, 0.1) is 6.92 Å². The first-order chi connectivity index (χ1) is 14.7. The fourth-order valence-electron chi connectivity index (χ4n) is 3.86. The number of nitrogens with one attached hydrogen (secondary N) is 2. The number of aromatic nitrogens is 3. The lowest BCUT2D eigenvalue weighted by molar-refractivity contribution is 0.207. The van der Waals surface area contributed by atoms with Crippen LogP contribution in [0.1, 0.15) is 42.6 Å². The molecule has 7 nitrogen and oxygen atoms in total. The first kappa shape index (κ1) is 20.2. The zero-order valence-corrected chi connectivity index (χ0v) is 17.8. The van der Waals surface area contributed by atoms with E-state index < -0.39 is 0 Å². The Morgan fingerprint density at radius 3 is 2.87 bits per heavy atom. The Labute approximate surface area is 177 Å². The van der Waals surface area contributed by atoms with E-state index in [0.717, 1.165) is 48.0 Å². The minimum Gasteiger partial charge on any atom is -0.490 e. The second-order valence-corrected chi connectivity index (χ2v) is 7.78. The van der Waals surface area contributed by atoms with E-state index >= 15 is 0 Å². The van der Waals surface area contributed by atoms with Crippen LogP contribution in [-0.4, -0.2) is 40.3 Å². The maximum atomic E-state index is 6.31. The van der Waals surface area contributed by atoms with Gasteiger partial charge in [-0.15, -0.1) is 10.2 Å². The number of nitrogens with zero attached hydrogens (tertiary/aromatic N) is 4. The van der Waals surface area contributed by atoms with Gasteiger partial charge in [-0.25, -0.2) is 0 Å². The third-order valence-corrected chi connectivity index (χ3v) is 5.51. The maximum Gasteiger partial charge on any atom is 0.191 e. The van der Waals surface area contributed by atoms with Gasteiger partial charge in [0.2, 0.25) is 0 Å². The molecule has 158 valence electrons. The Balaban J connectivity index is 1.32. The maximum absolute atomic E-state index is 6.31. The predicted octanol–water partition coefficient (Wildman–Crippen LogP) is 3.27. The van der Waals surface area contributed by atoms with Crippen molar-refractivity contribution in [3.05, 3.63) is 59.5 Å². The number of ether oxygens (including phenoxy) is 1. The van der Waals surface area contributed by atoms with Crippen LogP contribution >= 0.6 is 0 Å². The van der Waals surface area contributed by atoms with Crippen LogP contribution in [0.15, 0.2) is 47.6 Å². The fraction of sp³-hybridized carbons (Fsp3) is 0.435. The number of hydrogen-bond donors (Lipinski definition) is 2. The van der Waals surface area contributed by atoms with E-state index in [-0.39, 0.29) is 0 Å². The molecule has 1 aromatic carbocycles. The standard InChI is InChI=1S/C23H30N6O/c1-17-10-11-18(20(15-17)30-19-7-3-4-8-19)16-26-23(24-2)25-13-12-22-28-27-21-9-5-6-14-29(21)22/h5-6,9-11,14-15,19H,3-4,7-8,12-13,16H2,1-2H3,(H2,24,25,26). The van der Waals surface area contributed by atoms with Gasteiger partial charge >= 0.3 is 0 Å². The zero-order chi connectivity index (χ0) is 20.8. The average molecular weight is 407 g/mol. The third-order valence-electron chi connectivity index (χ3n) is 5.51. The number of aryl methyl sites for hydroxylation is 1. The van der Waals surface area contributed by atoms with E-state index in [2.05, 4.69) is 50.9 Å². The highest BCUT2D eigenvalue weighted by Gasteiger charge is 2.18. The van der Waals surface area contributed by atoms with Crippen molar-refractivity contribution in [1.29, 1.82) is 0 Å². The normalized spacial score (nSPS) is 14.9. The molecule has 1 aliphatic carbocycles. The van der Waals surface area contributed by atoms with Gasteiger partial charge in [0.25, 0.3) is 0 Å². The van der Waals surface area contributed by atoms with Crippen molar-refractivity contribution in [2.24, 2.45) is 4.99 Å². The lowest BCUT2D eigenvalue weighted by Gasteiger charge is -2.18. The van der Waals surface area contributed by atoms with Crippen LogP contribution in [0.5, 0.6) is 5.75 Å². The van der Waals surface area contributed by atoms with Crippen molar-refractivity contribution in [2.45, 2.75) is 51.7 Å². The smallest absolute Gasteiger partial charge is 0.191 e. The summed E-state index contributed by atoms with van der Waals surface area (Å²) in [6.07, 6.45) is 7.93. The van der Waals surface area contributed by atoms with Crippen molar-refractivity contribution in [2.75, 3.05) is 13.6 Å². The quantitative estimate of drug-likeness (QED) is 0.465. The molecule has 1 aliphatic rings. The molecule has 0 bridgehead atoms. The topological polar surface area (TPSA) is 75.8 Å². The second-order valence-electron chi connectivity index (χ2n) is 7.78. The Morgan fingerprint density at radius 1 is 1.17 bits per heavy atom. The van der Waals surface area contributed by atoms with Gasteiger partial charge in [0.05, 0.1) is 6.10 Å². The number of fused-ring (bicyclic) bond motifs is 1. The van der Waals surface area contributed by atoms with E-state index in [0.29, 0.717) is 19.2 Å². The molecule has 0 saturated heterocycles. The van der Waals surface area contributed by atoms with E-state index in [9.17, 15) is 0 Å². The van der Waals surface area contributed by atoms with Crippen molar-refractivity contribution in [3.8, 4) is 5.75 Å². The third kappa shape index (κ3) is 4.90. The molecule has 0 aliphatic heterocycles. The molecule has 1 fully saturated rings. The molecule has 2 heterocycles. The molecule has 1 saturated carbocycles. The molecule has 0 radical (unpaired) electrons. The summed E-state index contributed by atoms with van der Waals surface area (Å²) in [6.45, 7) is 3.48. The molecule has 2 aromatic heterocycles. The van der Waals surface area contributed by atoms with E-state index in [1.165, 1.54) is 18.4 Å². The minimum absolute atomic E-state index is 0.348. The average Bonchev–Trinajstić information content (AvgIpc) is 3.42. The van der Waals surface area contributed by atoms with Crippen LogP contribution in [0.4, 0.5) is 0 Å². The highest BCUT2D eigenvalue weighted by Crippen LogP contribution is 2.27. The molecule has 4 rings (SSSR count). The second kappa shape index (κ2) is 9.61. The molecule has 30 heavy (non-hydrogen) atoms. The number of hydrogen-bond acceptors (Lipinski definition) is 4. The van der Waals surface area contributed by atoms with Gasteiger partial charge in [0.15, 0.2) is 11.6 Å². The van der Waals surface area contributed by atoms with Crippen molar-refractivity contribution < 1.29 is 4.74 Å². The van der Waals surface area contributed by atoms with Crippen LogP contribution in [0.3, 0.4) is 0 Å². The van der Waals surface area contributed by atoms with Gasteiger partial charge in [-0.2, -0.15) is 0 Å². The van der Waals surface area contributed by atoms with Gasteiger partial charge in [0.1, 0.15) is 11.6 Å². The van der Waals surface area contributed by atoms with E-state index in [4.69, 9.17) is 4.74 Å². The fourth-order valence-corrected chi connectivity index (χ4v) is 3.86. The number of aliphatic imine (C=N–C) groups is 1. The van der Waals surface area contributed by atoms with Crippen molar-refractivity contribution in [3.63, 3.8) is 0 Å². The summed E-state index contributed by atoms with van der Waals surface area (Å²) < 4.78 is 8.32. The molecule has 0 spiro atoms. The summed E-state index contributed by atoms with van der Waals surface area (Å²) in [5, 5.41) is 15.2. The Hall–Kier alpha value is -3.09. The Kier molecular flexibility index (Phi) is 6.47. The summed E-state index contributed by atoms with van der Waals surface area (Å²) >= 11 is 0. The molecular weight excluding hydrogens is 376 g/mol. The van der Waals surface area contributed by atoms with Crippen LogP contribution in [0.2, 0.25) is 0 Å². The molecule has 3 aromatic rings. The molecular formula is C23H30N6O.